The van der Waals surface area contributed by atoms with Crippen molar-refractivity contribution < 1.29 is 0 Å². The molecule has 2 fully saturated rings. The quantitative estimate of drug-likeness (QED) is 0.512. The number of anilines is 1. The number of hydrogen-bond acceptors (Lipinski definition) is 3. The topological polar surface area (TPSA) is 42.9 Å². The third-order valence-corrected chi connectivity index (χ3v) is 6.29. The Morgan fingerprint density at radius 2 is 1.90 bits per heavy atom. The lowest BCUT2D eigenvalue weighted by atomic mass is 9.97. The van der Waals surface area contributed by atoms with Gasteiger partial charge in [-0.1, -0.05) is 19.1 Å². The first kappa shape index (κ1) is 21.9. The molecule has 1 unspecified atom stereocenters. The summed E-state index contributed by atoms with van der Waals surface area (Å²) in [5.74, 6) is 1.66. The van der Waals surface area contributed by atoms with Crippen molar-refractivity contribution in [2.45, 2.75) is 58.9 Å². The van der Waals surface area contributed by atoms with Crippen molar-refractivity contribution >= 4 is 11.6 Å². The van der Waals surface area contributed by atoms with E-state index in [2.05, 4.69) is 65.5 Å². The number of rotatable bonds is 8. The molecule has 2 heterocycles. The van der Waals surface area contributed by atoms with Crippen LogP contribution in [0, 0.1) is 5.92 Å². The van der Waals surface area contributed by atoms with E-state index in [1.165, 1.54) is 76.1 Å². The predicted octanol–water partition coefficient (Wildman–Crippen LogP) is 4.02. The molecule has 0 aromatic heterocycles. The molecule has 2 N–H and O–H groups in total. The molecule has 1 aromatic carbocycles. The summed E-state index contributed by atoms with van der Waals surface area (Å²) in [4.78, 5) is 10.0. The lowest BCUT2D eigenvalue weighted by Gasteiger charge is -2.31. The van der Waals surface area contributed by atoms with Gasteiger partial charge < -0.3 is 20.4 Å². The Hall–Kier alpha value is -1.75. The zero-order valence-corrected chi connectivity index (χ0v) is 18.8. The lowest BCUT2D eigenvalue weighted by molar-refractivity contribution is 0.188. The van der Waals surface area contributed by atoms with Gasteiger partial charge in [0.15, 0.2) is 5.96 Å². The normalized spacial score (nSPS) is 20.1. The molecule has 2 saturated heterocycles. The highest BCUT2D eigenvalue weighted by Gasteiger charge is 2.19. The van der Waals surface area contributed by atoms with Crippen LogP contribution in [0.4, 0.5) is 5.69 Å². The molecule has 162 valence electrons. The molecule has 2 aliphatic rings. The van der Waals surface area contributed by atoms with Gasteiger partial charge in [-0.25, -0.2) is 0 Å². The predicted molar refractivity (Wildman–Crippen MR) is 125 cm³/mol. The Kier molecular flexibility index (Phi) is 8.66. The molecule has 1 atom stereocenters. The minimum absolute atomic E-state index is 0.238. The second-order valence-corrected chi connectivity index (χ2v) is 8.66. The van der Waals surface area contributed by atoms with Crippen LogP contribution in [0.1, 0.15) is 64.5 Å². The number of likely N-dealkylation sites (tertiary alicyclic amines) is 1. The fourth-order valence-corrected chi connectivity index (χ4v) is 4.50. The summed E-state index contributed by atoms with van der Waals surface area (Å²) in [5, 5.41) is 7.07. The van der Waals surface area contributed by atoms with Crippen LogP contribution in [0.3, 0.4) is 0 Å². The van der Waals surface area contributed by atoms with Gasteiger partial charge in [-0.2, -0.15) is 0 Å². The number of guanidine groups is 1. The van der Waals surface area contributed by atoms with Crippen LogP contribution in [0.2, 0.25) is 0 Å². The summed E-state index contributed by atoms with van der Waals surface area (Å²) in [7, 11) is 0. The van der Waals surface area contributed by atoms with Crippen LogP contribution >= 0.6 is 0 Å². The Morgan fingerprint density at radius 1 is 1.14 bits per heavy atom. The highest BCUT2D eigenvalue weighted by molar-refractivity contribution is 5.80. The molecule has 2 aliphatic heterocycles. The molecule has 29 heavy (non-hydrogen) atoms. The van der Waals surface area contributed by atoms with Crippen LogP contribution in [0.15, 0.2) is 29.3 Å². The van der Waals surface area contributed by atoms with Crippen LogP contribution < -0.4 is 15.5 Å². The molecule has 0 saturated carbocycles. The zero-order valence-electron chi connectivity index (χ0n) is 18.8. The third-order valence-electron chi connectivity index (χ3n) is 6.29. The molecular weight excluding hydrogens is 358 g/mol. The summed E-state index contributed by atoms with van der Waals surface area (Å²) in [6.45, 7) is 14.5. The molecule has 0 radical (unpaired) electrons. The van der Waals surface area contributed by atoms with Crippen molar-refractivity contribution in [2.75, 3.05) is 50.7 Å². The van der Waals surface area contributed by atoms with Crippen molar-refractivity contribution in [3.63, 3.8) is 0 Å². The SMILES string of the molecule is CCCN1CCC(CN=C(NCC)NC(C)c2cccc(N3CCCC3)c2)CC1. The average molecular weight is 400 g/mol. The van der Waals surface area contributed by atoms with Crippen molar-refractivity contribution in [3.05, 3.63) is 29.8 Å². The maximum absolute atomic E-state index is 4.94. The summed E-state index contributed by atoms with van der Waals surface area (Å²) in [6.07, 6.45) is 6.43. The van der Waals surface area contributed by atoms with Gasteiger partial charge in [0.25, 0.3) is 0 Å². The monoisotopic (exact) mass is 399 g/mol. The number of nitrogens with one attached hydrogen (secondary N) is 2. The van der Waals surface area contributed by atoms with Gasteiger partial charge in [-0.05, 0) is 89.2 Å². The fourth-order valence-electron chi connectivity index (χ4n) is 4.50. The highest BCUT2D eigenvalue weighted by atomic mass is 15.2. The average Bonchev–Trinajstić information content (AvgIpc) is 3.28. The van der Waals surface area contributed by atoms with Crippen molar-refractivity contribution in [1.29, 1.82) is 0 Å². The van der Waals surface area contributed by atoms with E-state index in [-0.39, 0.29) is 6.04 Å². The maximum Gasteiger partial charge on any atom is 0.191 e. The molecule has 1 aromatic rings. The van der Waals surface area contributed by atoms with E-state index in [4.69, 9.17) is 4.99 Å². The van der Waals surface area contributed by atoms with Gasteiger partial charge in [0.05, 0.1) is 6.04 Å². The van der Waals surface area contributed by atoms with Crippen molar-refractivity contribution in [3.8, 4) is 0 Å². The van der Waals surface area contributed by atoms with Crippen LogP contribution in [0.5, 0.6) is 0 Å². The molecule has 0 aliphatic carbocycles. The van der Waals surface area contributed by atoms with E-state index in [9.17, 15) is 0 Å². The molecule has 0 spiro atoms. The van der Waals surface area contributed by atoms with E-state index < -0.39 is 0 Å². The van der Waals surface area contributed by atoms with Gasteiger partial charge in [-0.3, -0.25) is 4.99 Å². The van der Waals surface area contributed by atoms with Crippen molar-refractivity contribution in [1.82, 2.24) is 15.5 Å². The van der Waals surface area contributed by atoms with E-state index in [0.717, 1.165) is 19.0 Å². The first-order valence-electron chi connectivity index (χ1n) is 11.8. The Labute approximate surface area is 178 Å². The summed E-state index contributed by atoms with van der Waals surface area (Å²) < 4.78 is 0. The summed E-state index contributed by atoms with van der Waals surface area (Å²) in [6, 6.07) is 9.24. The van der Waals surface area contributed by atoms with Gasteiger partial charge in [0.1, 0.15) is 0 Å². The van der Waals surface area contributed by atoms with Crippen LogP contribution in [-0.2, 0) is 0 Å². The standard InChI is InChI=1S/C24H41N5/c1-4-13-28-16-11-21(12-17-28)19-26-24(25-5-2)27-20(3)22-9-8-10-23(18-22)29-14-6-7-15-29/h8-10,18,20-21H,4-7,11-17,19H2,1-3H3,(H2,25,26,27). The van der Waals surface area contributed by atoms with Crippen LogP contribution in [-0.4, -0.2) is 56.7 Å². The number of hydrogen-bond donors (Lipinski definition) is 2. The summed E-state index contributed by atoms with van der Waals surface area (Å²) >= 11 is 0. The van der Waals surface area contributed by atoms with E-state index >= 15 is 0 Å². The number of benzene rings is 1. The third kappa shape index (κ3) is 6.63. The minimum Gasteiger partial charge on any atom is -0.372 e. The van der Waals surface area contributed by atoms with Crippen molar-refractivity contribution in [2.24, 2.45) is 10.9 Å². The van der Waals surface area contributed by atoms with E-state index in [1.54, 1.807) is 0 Å². The molecule has 0 bridgehead atoms. The maximum atomic E-state index is 4.94. The molecule has 0 amide bonds. The Bertz CT molecular complexity index is 630. The fraction of sp³-hybridized carbons (Fsp3) is 0.708. The number of nitrogens with zero attached hydrogens (tertiary/aromatic N) is 3. The Morgan fingerprint density at radius 3 is 2.59 bits per heavy atom. The van der Waals surface area contributed by atoms with Gasteiger partial charge in [-0.15, -0.1) is 0 Å². The number of aliphatic imine (C=N–C) groups is 1. The molecular formula is C24H41N5. The lowest BCUT2D eigenvalue weighted by Crippen LogP contribution is -2.40. The zero-order chi connectivity index (χ0) is 20.5. The second kappa shape index (κ2) is 11.4. The summed E-state index contributed by atoms with van der Waals surface area (Å²) in [5.41, 5.74) is 2.68. The number of piperidine rings is 1. The molecule has 5 nitrogen and oxygen atoms in total. The largest absolute Gasteiger partial charge is 0.372 e. The van der Waals surface area contributed by atoms with Crippen LogP contribution in [0.25, 0.3) is 0 Å². The first-order valence-corrected chi connectivity index (χ1v) is 11.8. The Balaban J connectivity index is 1.55. The highest BCUT2D eigenvalue weighted by Crippen LogP contribution is 2.24. The second-order valence-electron chi connectivity index (χ2n) is 8.66. The van der Waals surface area contributed by atoms with Gasteiger partial charge in [0, 0.05) is 31.9 Å². The first-order chi connectivity index (χ1) is 14.2. The van der Waals surface area contributed by atoms with Gasteiger partial charge >= 0.3 is 0 Å². The van der Waals surface area contributed by atoms with E-state index in [1.807, 2.05) is 0 Å². The minimum atomic E-state index is 0.238. The smallest absolute Gasteiger partial charge is 0.191 e. The molecule has 3 rings (SSSR count). The van der Waals surface area contributed by atoms with Gasteiger partial charge in [0.2, 0.25) is 0 Å². The molecule has 5 heteroatoms. The van der Waals surface area contributed by atoms with E-state index in [0.29, 0.717) is 5.92 Å².